The molecule has 2 heterocycles. The van der Waals surface area contributed by atoms with Crippen molar-refractivity contribution >= 4 is 5.91 Å². The van der Waals surface area contributed by atoms with Gasteiger partial charge in [0.25, 0.3) is 5.91 Å². The van der Waals surface area contributed by atoms with Crippen molar-refractivity contribution < 1.29 is 14.4 Å². The molecule has 1 saturated heterocycles. The van der Waals surface area contributed by atoms with E-state index in [2.05, 4.69) is 10.1 Å². The second kappa shape index (κ2) is 6.17. The Kier molecular flexibility index (Phi) is 4.09. The van der Waals surface area contributed by atoms with Crippen molar-refractivity contribution in [3.63, 3.8) is 0 Å². The number of nitrogens with zero attached hydrogens (tertiary/aromatic N) is 3. The van der Waals surface area contributed by atoms with Crippen LogP contribution in [0.15, 0.2) is 29.1 Å². The molecule has 1 amide bonds. The average molecular weight is 301 g/mol. The largest absolute Gasteiger partial charge is 0.507 e. The van der Waals surface area contributed by atoms with E-state index in [0.29, 0.717) is 17.9 Å². The fourth-order valence-corrected chi connectivity index (χ4v) is 2.90. The number of carbonyl (C=O) groups excluding carboxylic acids is 1. The summed E-state index contributed by atoms with van der Waals surface area (Å²) in [5.74, 6) is 0.370. The highest BCUT2D eigenvalue weighted by Gasteiger charge is 2.32. The summed E-state index contributed by atoms with van der Waals surface area (Å²) in [5.41, 5.74) is 1.33. The molecule has 1 N–H and O–H groups in total. The second-order valence-electron chi connectivity index (χ2n) is 5.50. The van der Waals surface area contributed by atoms with Gasteiger partial charge < -0.3 is 14.5 Å². The van der Waals surface area contributed by atoms with Crippen LogP contribution < -0.4 is 0 Å². The molecule has 0 radical (unpaired) electrons. The maximum atomic E-state index is 12.8. The normalized spacial score (nSPS) is 18.4. The van der Waals surface area contributed by atoms with E-state index in [4.69, 9.17) is 4.52 Å². The Balaban J connectivity index is 1.89. The van der Waals surface area contributed by atoms with E-state index >= 15 is 0 Å². The lowest BCUT2D eigenvalue weighted by Gasteiger charge is -2.34. The summed E-state index contributed by atoms with van der Waals surface area (Å²) in [6.07, 6.45) is 4.86. The number of rotatable bonds is 3. The summed E-state index contributed by atoms with van der Waals surface area (Å²) >= 11 is 0. The Bertz CT molecular complexity index is 655. The molecule has 1 atom stereocenters. The van der Waals surface area contributed by atoms with Crippen LogP contribution in [-0.2, 0) is 6.42 Å². The Hall–Kier alpha value is -2.37. The molecule has 1 fully saturated rings. The molecule has 6 nitrogen and oxygen atoms in total. The smallest absolute Gasteiger partial charge is 0.258 e. The van der Waals surface area contributed by atoms with E-state index in [-0.39, 0.29) is 17.7 Å². The van der Waals surface area contributed by atoms with Gasteiger partial charge in [-0.25, -0.2) is 0 Å². The van der Waals surface area contributed by atoms with Gasteiger partial charge in [-0.2, -0.15) is 4.98 Å². The van der Waals surface area contributed by atoms with Gasteiger partial charge in [0.1, 0.15) is 5.75 Å². The molecule has 22 heavy (non-hydrogen) atoms. The molecule has 1 aromatic carbocycles. The fourth-order valence-electron chi connectivity index (χ4n) is 2.90. The lowest BCUT2D eigenvalue weighted by atomic mass is 9.99. The third-order valence-corrected chi connectivity index (χ3v) is 4.14. The van der Waals surface area contributed by atoms with Gasteiger partial charge in [-0.15, -0.1) is 0 Å². The van der Waals surface area contributed by atoms with Gasteiger partial charge >= 0.3 is 0 Å². The Morgan fingerprint density at radius 3 is 3.00 bits per heavy atom. The van der Waals surface area contributed by atoms with Crippen LogP contribution in [-0.4, -0.2) is 32.6 Å². The number of phenols is 1. The molecule has 3 rings (SSSR count). The predicted octanol–water partition coefficient (Wildman–Crippen LogP) is 2.71. The first-order valence-electron chi connectivity index (χ1n) is 7.60. The molecule has 6 heteroatoms. The van der Waals surface area contributed by atoms with E-state index in [1.807, 2.05) is 13.0 Å². The third-order valence-electron chi connectivity index (χ3n) is 4.14. The monoisotopic (exact) mass is 301 g/mol. The summed E-state index contributed by atoms with van der Waals surface area (Å²) in [7, 11) is 0. The van der Waals surface area contributed by atoms with Crippen molar-refractivity contribution in [2.75, 3.05) is 6.54 Å². The van der Waals surface area contributed by atoms with Crippen LogP contribution >= 0.6 is 0 Å². The fraction of sp³-hybridized carbons (Fsp3) is 0.438. The minimum atomic E-state index is -0.190. The lowest BCUT2D eigenvalue weighted by Crippen LogP contribution is -2.39. The third kappa shape index (κ3) is 2.68. The first kappa shape index (κ1) is 14.6. The molecule has 0 aliphatic carbocycles. The molecule has 0 saturated carbocycles. The van der Waals surface area contributed by atoms with E-state index in [9.17, 15) is 9.90 Å². The first-order chi connectivity index (χ1) is 10.7. The van der Waals surface area contributed by atoms with Crippen LogP contribution in [0.1, 0.15) is 54.0 Å². The maximum Gasteiger partial charge on any atom is 0.258 e. The molecule has 1 aromatic heterocycles. The number of hydrogen-bond acceptors (Lipinski definition) is 5. The van der Waals surface area contributed by atoms with Crippen molar-refractivity contribution in [3.05, 3.63) is 41.5 Å². The number of aromatic nitrogens is 2. The molecule has 1 aliphatic rings. The minimum absolute atomic E-state index is 0.0294. The predicted molar refractivity (Wildman–Crippen MR) is 79.4 cm³/mol. The Morgan fingerprint density at radius 1 is 1.45 bits per heavy atom. The van der Waals surface area contributed by atoms with Crippen molar-refractivity contribution in [2.45, 2.75) is 38.6 Å². The van der Waals surface area contributed by atoms with Crippen LogP contribution in [0.3, 0.4) is 0 Å². The van der Waals surface area contributed by atoms with Crippen LogP contribution in [0.25, 0.3) is 0 Å². The van der Waals surface area contributed by atoms with Gasteiger partial charge in [0.15, 0.2) is 5.82 Å². The summed E-state index contributed by atoms with van der Waals surface area (Å²) in [6, 6.07) is 5.03. The van der Waals surface area contributed by atoms with Crippen molar-refractivity contribution in [3.8, 4) is 5.75 Å². The lowest BCUT2D eigenvalue weighted by molar-refractivity contribution is 0.0594. The summed E-state index contributed by atoms with van der Waals surface area (Å²) in [6.45, 7) is 2.64. The zero-order valence-corrected chi connectivity index (χ0v) is 12.5. The van der Waals surface area contributed by atoms with Gasteiger partial charge in [0, 0.05) is 6.54 Å². The zero-order chi connectivity index (χ0) is 15.5. The maximum absolute atomic E-state index is 12.8. The standard InChI is InChI=1S/C16H19N3O3/c1-2-11-6-7-12(14(20)9-11)16(21)19-8-4-3-5-13(19)15-17-10-22-18-15/h6-7,9-10,13,20H,2-5,8H2,1H3/t13-/m1/s1. The van der Waals surface area contributed by atoms with E-state index < -0.39 is 0 Å². The highest BCUT2D eigenvalue weighted by atomic mass is 16.5. The molecule has 0 bridgehead atoms. The Labute approximate surface area is 128 Å². The number of hydrogen-bond donors (Lipinski definition) is 1. The van der Waals surface area contributed by atoms with Crippen LogP contribution in [0.2, 0.25) is 0 Å². The van der Waals surface area contributed by atoms with E-state index in [1.54, 1.807) is 17.0 Å². The summed E-state index contributed by atoms with van der Waals surface area (Å²) in [5, 5.41) is 14.0. The number of benzene rings is 1. The highest BCUT2D eigenvalue weighted by molar-refractivity contribution is 5.97. The van der Waals surface area contributed by atoms with Crippen LogP contribution in [0.5, 0.6) is 5.75 Å². The van der Waals surface area contributed by atoms with Crippen LogP contribution in [0, 0.1) is 0 Å². The van der Waals surface area contributed by atoms with Crippen LogP contribution in [0.4, 0.5) is 0 Å². The molecular weight excluding hydrogens is 282 g/mol. The molecule has 2 aromatic rings. The SMILES string of the molecule is CCc1ccc(C(=O)N2CCCC[C@@H]2c2ncon2)c(O)c1. The summed E-state index contributed by atoms with van der Waals surface area (Å²) < 4.78 is 4.81. The molecular formula is C16H19N3O3. The van der Waals surface area contributed by atoms with Gasteiger partial charge in [-0.05, 0) is 43.4 Å². The number of piperidine rings is 1. The zero-order valence-electron chi connectivity index (χ0n) is 12.5. The first-order valence-corrected chi connectivity index (χ1v) is 7.60. The van der Waals surface area contributed by atoms with Gasteiger partial charge in [-0.1, -0.05) is 18.1 Å². The second-order valence-corrected chi connectivity index (χ2v) is 5.50. The van der Waals surface area contributed by atoms with Gasteiger partial charge in [-0.3, -0.25) is 4.79 Å². The van der Waals surface area contributed by atoms with Crippen molar-refractivity contribution in [1.29, 1.82) is 0 Å². The van der Waals surface area contributed by atoms with Crippen molar-refractivity contribution in [2.24, 2.45) is 0 Å². The molecule has 1 aliphatic heterocycles. The minimum Gasteiger partial charge on any atom is -0.507 e. The number of likely N-dealkylation sites (tertiary alicyclic amines) is 1. The number of aromatic hydroxyl groups is 1. The molecule has 0 unspecified atom stereocenters. The molecule has 0 spiro atoms. The number of phenolic OH excluding ortho intramolecular Hbond substituents is 1. The quantitative estimate of drug-likeness (QED) is 0.943. The molecule has 116 valence electrons. The number of carbonyl (C=O) groups is 1. The number of aryl methyl sites for hydroxylation is 1. The topological polar surface area (TPSA) is 79.5 Å². The van der Waals surface area contributed by atoms with Gasteiger partial charge in [0.05, 0.1) is 11.6 Å². The van der Waals surface area contributed by atoms with Crippen molar-refractivity contribution in [1.82, 2.24) is 15.0 Å². The highest BCUT2D eigenvalue weighted by Crippen LogP contribution is 2.32. The summed E-state index contributed by atoms with van der Waals surface area (Å²) in [4.78, 5) is 18.6. The average Bonchev–Trinajstić information content (AvgIpc) is 3.08. The number of amides is 1. The van der Waals surface area contributed by atoms with E-state index in [1.165, 1.54) is 6.39 Å². The van der Waals surface area contributed by atoms with Gasteiger partial charge in [0.2, 0.25) is 6.39 Å². The Morgan fingerprint density at radius 2 is 2.32 bits per heavy atom. The van der Waals surface area contributed by atoms with E-state index in [0.717, 1.165) is 31.2 Å².